The Morgan fingerprint density at radius 1 is 0.610 bits per heavy atom. The van der Waals surface area contributed by atoms with Crippen LogP contribution in [-0.4, -0.2) is 11.8 Å². The molecule has 1 N–H and O–H groups in total. The predicted molar refractivity (Wildman–Crippen MR) is 164 cm³/mol. The lowest BCUT2D eigenvalue weighted by molar-refractivity contribution is 0.0935. The van der Waals surface area contributed by atoms with E-state index in [1.807, 2.05) is 122 Å². The highest BCUT2D eigenvalue weighted by molar-refractivity contribution is 6.00. The third-order valence-corrected chi connectivity index (χ3v) is 7.06. The molecule has 41 heavy (non-hydrogen) atoms. The monoisotopic (exact) mass is 541 g/mol. The van der Waals surface area contributed by atoms with Crippen molar-refractivity contribution in [2.24, 2.45) is 0 Å². The highest BCUT2D eigenvalue weighted by atomic mass is 16.5. The van der Waals surface area contributed by atoms with Gasteiger partial charge in [0.05, 0.1) is 12.1 Å². The summed E-state index contributed by atoms with van der Waals surface area (Å²) in [4.78, 5) is 13.9. The Morgan fingerprint density at radius 3 is 1.56 bits per heavy atom. The molecule has 0 aliphatic heterocycles. The average Bonchev–Trinajstić information content (AvgIpc) is 3.05. The van der Waals surface area contributed by atoms with E-state index in [1.54, 1.807) is 0 Å². The zero-order valence-corrected chi connectivity index (χ0v) is 23.3. The van der Waals surface area contributed by atoms with Gasteiger partial charge in [0.25, 0.3) is 0 Å². The molecule has 1 atom stereocenters. The summed E-state index contributed by atoms with van der Waals surface area (Å²) in [6.45, 7) is 2.82. The van der Waals surface area contributed by atoms with Crippen LogP contribution in [0.5, 0.6) is 11.5 Å². The third-order valence-electron chi connectivity index (χ3n) is 7.06. The van der Waals surface area contributed by atoms with E-state index in [4.69, 9.17) is 9.47 Å². The second-order valence-electron chi connectivity index (χ2n) is 9.96. The third kappa shape index (κ3) is 7.50. The minimum absolute atomic E-state index is 0.0172. The van der Waals surface area contributed by atoms with Gasteiger partial charge in [-0.05, 0) is 46.9 Å². The van der Waals surface area contributed by atoms with Gasteiger partial charge in [-0.1, -0.05) is 128 Å². The standard InChI is InChI=1S/C37H35NO3/c1-2-33(38-36(30-19-11-5-12-20-30)31-21-13-6-14-22-31)37(39)32-23-24-34(40-26-28-15-7-3-8-16-28)35(25-32)41-27-29-17-9-4-10-18-29/h3-25,33,36,38H,2,26-27H2,1H3/t33-/m0/s1. The fourth-order valence-electron chi connectivity index (χ4n) is 4.82. The largest absolute Gasteiger partial charge is 0.485 e. The Bertz CT molecular complexity index is 1470. The smallest absolute Gasteiger partial charge is 0.179 e. The minimum atomic E-state index is -0.390. The topological polar surface area (TPSA) is 47.6 Å². The minimum Gasteiger partial charge on any atom is -0.485 e. The summed E-state index contributed by atoms with van der Waals surface area (Å²) in [7, 11) is 0. The van der Waals surface area contributed by atoms with Crippen LogP contribution >= 0.6 is 0 Å². The van der Waals surface area contributed by atoms with Crippen LogP contribution in [0.2, 0.25) is 0 Å². The van der Waals surface area contributed by atoms with E-state index in [9.17, 15) is 4.79 Å². The van der Waals surface area contributed by atoms with Crippen molar-refractivity contribution >= 4 is 5.78 Å². The molecular weight excluding hydrogens is 506 g/mol. The number of ketones is 1. The fraction of sp³-hybridized carbons (Fsp3) is 0.162. The zero-order valence-electron chi connectivity index (χ0n) is 23.3. The Balaban J connectivity index is 1.40. The number of Topliss-reactive ketones (excluding diaryl/α,β-unsaturated/α-hetero) is 1. The van der Waals surface area contributed by atoms with E-state index in [-0.39, 0.29) is 11.8 Å². The number of ether oxygens (including phenoxy) is 2. The second kappa shape index (κ2) is 14.1. The number of hydrogen-bond acceptors (Lipinski definition) is 4. The second-order valence-corrected chi connectivity index (χ2v) is 9.96. The Morgan fingerprint density at radius 2 is 1.07 bits per heavy atom. The van der Waals surface area contributed by atoms with Crippen LogP contribution in [0.3, 0.4) is 0 Å². The maximum atomic E-state index is 13.9. The van der Waals surface area contributed by atoms with Gasteiger partial charge in [-0.25, -0.2) is 0 Å². The van der Waals surface area contributed by atoms with E-state index in [0.29, 0.717) is 36.7 Å². The molecule has 0 heterocycles. The van der Waals surface area contributed by atoms with Gasteiger partial charge in [0.2, 0.25) is 0 Å². The van der Waals surface area contributed by atoms with Gasteiger partial charge in [0.1, 0.15) is 13.2 Å². The van der Waals surface area contributed by atoms with Crippen LogP contribution in [0.25, 0.3) is 0 Å². The Labute approximate surface area is 242 Å². The van der Waals surface area contributed by atoms with Crippen molar-refractivity contribution in [3.8, 4) is 11.5 Å². The lowest BCUT2D eigenvalue weighted by Gasteiger charge is -2.25. The molecule has 0 saturated heterocycles. The highest BCUT2D eigenvalue weighted by Crippen LogP contribution is 2.31. The van der Waals surface area contributed by atoms with Crippen molar-refractivity contribution in [3.63, 3.8) is 0 Å². The van der Waals surface area contributed by atoms with Crippen molar-refractivity contribution in [1.29, 1.82) is 0 Å². The van der Waals surface area contributed by atoms with Crippen molar-refractivity contribution in [3.05, 3.63) is 167 Å². The van der Waals surface area contributed by atoms with Crippen LogP contribution < -0.4 is 14.8 Å². The van der Waals surface area contributed by atoms with E-state index < -0.39 is 6.04 Å². The average molecular weight is 542 g/mol. The normalized spacial score (nSPS) is 11.7. The number of benzene rings is 5. The van der Waals surface area contributed by atoms with Crippen LogP contribution in [0.15, 0.2) is 140 Å². The van der Waals surface area contributed by atoms with Gasteiger partial charge in [-0.3, -0.25) is 10.1 Å². The van der Waals surface area contributed by atoms with Gasteiger partial charge in [0, 0.05) is 5.56 Å². The molecule has 5 aromatic rings. The predicted octanol–water partition coefficient (Wildman–Crippen LogP) is 8.19. The first kappa shape index (κ1) is 27.9. The molecule has 0 fully saturated rings. The van der Waals surface area contributed by atoms with Crippen LogP contribution in [-0.2, 0) is 13.2 Å². The summed E-state index contributed by atoms with van der Waals surface area (Å²) in [6.07, 6.45) is 0.640. The molecule has 5 aromatic carbocycles. The van der Waals surface area contributed by atoms with Gasteiger partial charge in [0.15, 0.2) is 17.3 Å². The van der Waals surface area contributed by atoms with Crippen molar-refractivity contribution < 1.29 is 14.3 Å². The van der Waals surface area contributed by atoms with E-state index in [1.165, 1.54) is 0 Å². The van der Waals surface area contributed by atoms with E-state index in [0.717, 1.165) is 22.3 Å². The Hall–Kier alpha value is -4.67. The lowest BCUT2D eigenvalue weighted by atomic mass is 9.95. The molecule has 0 bridgehead atoms. The molecule has 5 rings (SSSR count). The summed E-state index contributed by atoms with van der Waals surface area (Å²) in [6, 6.07) is 45.5. The molecule has 0 amide bonds. The first-order valence-corrected chi connectivity index (χ1v) is 14.1. The molecule has 206 valence electrons. The molecule has 0 radical (unpaired) electrons. The van der Waals surface area contributed by atoms with Gasteiger partial charge in [-0.2, -0.15) is 0 Å². The molecule has 0 unspecified atom stereocenters. The molecule has 0 aliphatic carbocycles. The number of nitrogens with one attached hydrogen (secondary N) is 1. The molecule has 0 aromatic heterocycles. The number of carbonyl (C=O) groups is 1. The number of rotatable bonds is 13. The molecule has 4 heteroatoms. The van der Waals surface area contributed by atoms with Gasteiger partial charge >= 0.3 is 0 Å². The summed E-state index contributed by atoms with van der Waals surface area (Å²) < 4.78 is 12.4. The molecule has 0 saturated carbocycles. The van der Waals surface area contributed by atoms with Crippen molar-refractivity contribution in [1.82, 2.24) is 5.32 Å². The maximum absolute atomic E-state index is 13.9. The number of hydrogen-bond donors (Lipinski definition) is 1. The van der Waals surface area contributed by atoms with Crippen molar-refractivity contribution in [2.45, 2.75) is 38.6 Å². The number of carbonyl (C=O) groups excluding carboxylic acids is 1. The summed E-state index contributed by atoms with van der Waals surface area (Å²) in [5.74, 6) is 1.17. The van der Waals surface area contributed by atoms with Crippen LogP contribution in [0.1, 0.15) is 52.0 Å². The van der Waals surface area contributed by atoms with Crippen molar-refractivity contribution in [2.75, 3.05) is 0 Å². The summed E-state index contributed by atoms with van der Waals surface area (Å²) in [5, 5.41) is 3.65. The van der Waals surface area contributed by atoms with E-state index >= 15 is 0 Å². The molecule has 0 aliphatic rings. The lowest BCUT2D eigenvalue weighted by Crippen LogP contribution is -2.39. The Kier molecular flexibility index (Phi) is 9.59. The molecule has 0 spiro atoms. The SMILES string of the molecule is CC[C@H](NC(c1ccccc1)c1ccccc1)C(=O)c1ccc(OCc2ccccc2)c(OCc2ccccc2)c1. The summed E-state index contributed by atoms with van der Waals surface area (Å²) in [5.41, 5.74) is 4.91. The van der Waals surface area contributed by atoms with E-state index in [2.05, 4.69) is 29.6 Å². The zero-order chi connectivity index (χ0) is 28.3. The summed E-state index contributed by atoms with van der Waals surface area (Å²) >= 11 is 0. The first-order valence-electron chi connectivity index (χ1n) is 14.1. The fourth-order valence-corrected chi connectivity index (χ4v) is 4.82. The van der Waals surface area contributed by atoms with Gasteiger partial charge < -0.3 is 9.47 Å². The first-order chi connectivity index (χ1) is 20.2. The highest BCUT2D eigenvalue weighted by Gasteiger charge is 2.25. The van der Waals surface area contributed by atoms with Crippen LogP contribution in [0, 0.1) is 0 Å². The molecule has 4 nitrogen and oxygen atoms in total. The quantitative estimate of drug-likeness (QED) is 0.153. The van der Waals surface area contributed by atoms with Crippen LogP contribution in [0.4, 0.5) is 0 Å². The molecular formula is C37H35NO3. The maximum Gasteiger partial charge on any atom is 0.179 e. The van der Waals surface area contributed by atoms with Gasteiger partial charge in [-0.15, -0.1) is 0 Å².